The molecule has 3 rings (SSSR count). The van der Waals surface area contributed by atoms with Crippen LogP contribution in [0.15, 0.2) is 42.5 Å². The molecule has 0 radical (unpaired) electrons. The summed E-state index contributed by atoms with van der Waals surface area (Å²) in [6, 6.07) is 8.39. The fourth-order valence-electron chi connectivity index (χ4n) is 2.97. The molecule has 8 heteroatoms. The standard InChI is InChI=1S/C19H17F3N2O3/c20-19(21,22)13-7-4-11(5-8-13)15(10-25)23-18(27)14-3-1-2-12-6-9-16(26)24-17(12)14/h1-5,7-8,15,25H,6,9-10H2,(H,23,27)(H,24,26). The van der Waals surface area contributed by atoms with E-state index in [1.54, 1.807) is 12.1 Å². The second-order valence-electron chi connectivity index (χ2n) is 6.22. The monoisotopic (exact) mass is 378 g/mol. The Morgan fingerprint density at radius 2 is 1.85 bits per heavy atom. The largest absolute Gasteiger partial charge is 0.416 e. The smallest absolute Gasteiger partial charge is 0.394 e. The first-order chi connectivity index (χ1) is 12.8. The van der Waals surface area contributed by atoms with Crippen LogP contribution >= 0.6 is 0 Å². The Morgan fingerprint density at radius 1 is 1.15 bits per heavy atom. The molecule has 0 bridgehead atoms. The number of hydrogen-bond donors (Lipinski definition) is 3. The number of anilines is 1. The molecule has 2 aromatic carbocycles. The van der Waals surface area contributed by atoms with E-state index in [-0.39, 0.29) is 11.5 Å². The molecule has 0 saturated carbocycles. The maximum atomic E-state index is 12.7. The van der Waals surface area contributed by atoms with Crippen molar-refractivity contribution >= 4 is 17.5 Å². The molecule has 0 aromatic heterocycles. The molecular formula is C19H17F3N2O3. The minimum atomic E-state index is -4.46. The summed E-state index contributed by atoms with van der Waals surface area (Å²) < 4.78 is 38.0. The summed E-state index contributed by atoms with van der Waals surface area (Å²) >= 11 is 0. The molecular weight excluding hydrogens is 361 g/mol. The van der Waals surface area contributed by atoms with Gasteiger partial charge in [-0.25, -0.2) is 0 Å². The van der Waals surface area contributed by atoms with Crippen LogP contribution in [-0.4, -0.2) is 23.5 Å². The molecule has 2 aromatic rings. The van der Waals surface area contributed by atoms with E-state index >= 15 is 0 Å². The van der Waals surface area contributed by atoms with Gasteiger partial charge < -0.3 is 15.7 Å². The molecule has 1 atom stereocenters. The zero-order valence-corrected chi connectivity index (χ0v) is 14.1. The van der Waals surface area contributed by atoms with E-state index in [0.29, 0.717) is 24.1 Å². The van der Waals surface area contributed by atoms with Crippen LogP contribution in [0.1, 0.15) is 39.5 Å². The molecule has 0 spiro atoms. The number of benzene rings is 2. The summed E-state index contributed by atoms with van der Waals surface area (Å²) in [7, 11) is 0. The maximum absolute atomic E-state index is 12.7. The second-order valence-corrected chi connectivity index (χ2v) is 6.22. The molecule has 142 valence electrons. The van der Waals surface area contributed by atoms with Crippen LogP contribution in [0, 0.1) is 0 Å². The lowest BCUT2D eigenvalue weighted by molar-refractivity contribution is -0.137. The van der Waals surface area contributed by atoms with Gasteiger partial charge in [-0.1, -0.05) is 24.3 Å². The van der Waals surface area contributed by atoms with Gasteiger partial charge in [0, 0.05) is 6.42 Å². The number of para-hydroxylation sites is 1. The van der Waals surface area contributed by atoms with Crippen LogP contribution in [0.2, 0.25) is 0 Å². The SMILES string of the molecule is O=C1CCc2cccc(C(=O)NC(CO)c3ccc(C(F)(F)F)cc3)c2N1. The molecule has 1 unspecified atom stereocenters. The Balaban J connectivity index is 1.81. The van der Waals surface area contributed by atoms with Crippen molar-refractivity contribution < 1.29 is 27.9 Å². The Kier molecular flexibility index (Phi) is 5.18. The van der Waals surface area contributed by atoms with Crippen molar-refractivity contribution in [2.75, 3.05) is 11.9 Å². The lowest BCUT2D eigenvalue weighted by Crippen LogP contribution is -2.32. The van der Waals surface area contributed by atoms with Gasteiger partial charge in [0.15, 0.2) is 0 Å². The van der Waals surface area contributed by atoms with E-state index in [0.717, 1.165) is 17.7 Å². The van der Waals surface area contributed by atoms with Crippen LogP contribution in [-0.2, 0) is 17.4 Å². The minimum absolute atomic E-state index is 0.191. The van der Waals surface area contributed by atoms with E-state index in [1.807, 2.05) is 6.07 Å². The highest BCUT2D eigenvalue weighted by Crippen LogP contribution is 2.30. The third-order valence-corrected chi connectivity index (χ3v) is 4.41. The number of halogens is 3. The number of carbonyl (C=O) groups is 2. The number of amides is 2. The highest BCUT2D eigenvalue weighted by molar-refractivity contribution is 6.05. The lowest BCUT2D eigenvalue weighted by atomic mass is 9.98. The summed E-state index contributed by atoms with van der Waals surface area (Å²) in [4.78, 5) is 24.3. The van der Waals surface area contributed by atoms with Gasteiger partial charge in [0.05, 0.1) is 29.5 Å². The predicted octanol–water partition coefficient (Wildman–Crippen LogP) is 3.05. The number of aliphatic hydroxyl groups excluding tert-OH is 1. The van der Waals surface area contributed by atoms with Crippen molar-refractivity contribution in [2.24, 2.45) is 0 Å². The van der Waals surface area contributed by atoms with Crippen LogP contribution in [0.5, 0.6) is 0 Å². The molecule has 0 aliphatic carbocycles. The van der Waals surface area contributed by atoms with Gasteiger partial charge in [0.2, 0.25) is 5.91 Å². The van der Waals surface area contributed by atoms with Crippen molar-refractivity contribution in [2.45, 2.75) is 25.1 Å². The van der Waals surface area contributed by atoms with Crippen LogP contribution in [0.3, 0.4) is 0 Å². The number of alkyl halides is 3. The Morgan fingerprint density at radius 3 is 2.48 bits per heavy atom. The molecule has 1 heterocycles. The average molecular weight is 378 g/mol. The quantitative estimate of drug-likeness (QED) is 0.765. The first-order valence-electron chi connectivity index (χ1n) is 8.30. The van der Waals surface area contributed by atoms with Gasteiger partial charge >= 0.3 is 6.18 Å². The van der Waals surface area contributed by atoms with Crippen molar-refractivity contribution in [3.63, 3.8) is 0 Å². The van der Waals surface area contributed by atoms with Gasteiger partial charge in [0.25, 0.3) is 5.91 Å². The van der Waals surface area contributed by atoms with E-state index in [1.165, 1.54) is 12.1 Å². The van der Waals surface area contributed by atoms with Crippen molar-refractivity contribution in [1.82, 2.24) is 5.32 Å². The summed E-state index contributed by atoms with van der Waals surface area (Å²) in [5.74, 6) is -0.725. The summed E-state index contributed by atoms with van der Waals surface area (Å²) in [6.45, 7) is -0.488. The fourth-order valence-corrected chi connectivity index (χ4v) is 2.97. The Labute approximate surface area is 153 Å². The molecule has 1 aliphatic heterocycles. The maximum Gasteiger partial charge on any atom is 0.416 e. The number of rotatable bonds is 4. The molecule has 2 amide bonds. The summed E-state index contributed by atoms with van der Waals surface area (Å²) in [6.07, 6.45) is -3.61. The normalized spacial score (nSPS) is 14.9. The van der Waals surface area contributed by atoms with Crippen molar-refractivity contribution in [3.05, 3.63) is 64.7 Å². The van der Waals surface area contributed by atoms with Crippen LogP contribution < -0.4 is 10.6 Å². The predicted molar refractivity (Wildman–Crippen MR) is 92.1 cm³/mol. The van der Waals surface area contributed by atoms with E-state index < -0.39 is 30.3 Å². The second kappa shape index (κ2) is 7.40. The molecule has 0 fully saturated rings. The van der Waals surface area contributed by atoms with Crippen molar-refractivity contribution in [3.8, 4) is 0 Å². The lowest BCUT2D eigenvalue weighted by Gasteiger charge is -2.22. The molecule has 1 aliphatic rings. The van der Waals surface area contributed by atoms with E-state index in [2.05, 4.69) is 10.6 Å². The molecule has 3 N–H and O–H groups in total. The number of nitrogens with one attached hydrogen (secondary N) is 2. The Bertz CT molecular complexity index is 863. The number of carbonyl (C=O) groups excluding carboxylic acids is 2. The zero-order chi connectivity index (χ0) is 19.6. The van der Waals surface area contributed by atoms with Gasteiger partial charge in [0.1, 0.15) is 0 Å². The topological polar surface area (TPSA) is 78.4 Å². The highest BCUT2D eigenvalue weighted by atomic mass is 19.4. The molecule has 5 nitrogen and oxygen atoms in total. The van der Waals surface area contributed by atoms with Gasteiger partial charge in [-0.3, -0.25) is 9.59 Å². The van der Waals surface area contributed by atoms with Crippen molar-refractivity contribution in [1.29, 1.82) is 0 Å². The molecule has 27 heavy (non-hydrogen) atoms. The van der Waals surface area contributed by atoms with Gasteiger partial charge in [-0.2, -0.15) is 13.2 Å². The number of aliphatic hydroxyl groups is 1. The first-order valence-corrected chi connectivity index (χ1v) is 8.30. The number of fused-ring (bicyclic) bond motifs is 1. The third-order valence-electron chi connectivity index (χ3n) is 4.41. The average Bonchev–Trinajstić information content (AvgIpc) is 2.64. The summed E-state index contributed by atoms with van der Waals surface area (Å²) in [5.41, 5.74) is 1.03. The Hall–Kier alpha value is -2.87. The van der Waals surface area contributed by atoms with E-state index in [9.17, 15) is 27.9 Å². The van der Waals surface area contributed by atoms with Crippen LogP contribution in [0.4, 0.5) is 18.9 Å². The van der Waals surface area contributed by atoms with Gasteiger partial charge in [-0.15, -0.1) is 0 Å². The number of hydrogen-bond acceptors (Lipinski definition) is 3. The van der Waals surface area contributed by atoms with E-state index in [4.69, 9.17) is 0 Å². The van der Waals surface area contributed by atoms with Gasteiger partial charge in [-0.05, 0) is 35.7 Å². The zero-order valence-electron chi connectivity index (χ0n) is 14.1. The summed E-state index contributed by atoms with van der Waals surface area (Å²) in [5, 5.41) is 14.9. The fraction of sp³-hybridized carbons (Fsp3) is 0.263. The first kappa shape index (κ1) is 18.9. The van der Waals surface area contributed by atoms with Crippen LogP contribution in [0.25, 0.3) is 0 Å². The third kappa shape index (κ3) is 4.11. The molecule has 0 saturated heterocycles. The number of aryl methyl sites for hydroxylation is 1. The highest BCUT2D eigenvalue weighted by Gasteiger charge is 2.30. The minimum Gasteiger partial charge on any atom is -0.394 e.